The molecule has 1 unspecified atom stereocenters. The number of rotatable bonds is 7. The summed E-state index contributed by atoms with van der Waals surface area (Å²) in [5.41, 5.74) is 3.30. The van der Waals surface area contributed by atoms with Crippen LogP contribution in [0.5, 0.6) is 0 Å². The Hall–Kier alpha value is -3.06. The lowest BCUT2D eigenvalue weighted by Crippen LogP contribution is -2.47. The van der Waals surface area contributed by atoms with Crippen molar-refractivity contribution >= 4 is 17.5 Å². The summed E-state index contributed by atoms with van der Waals surface area (Å²) >= 11 is 0. The normalized spacial score (nSPS) is 20.8. The maximum atomic E-state index is 15.5. The largest absolute Gasteiger partial charge is 0.416 e. The van der Waals surface area contributed by atoms with E-state index in [1.54, 1.807) is 9.80 Å². The molecule has 0 bridgehead atoms. The number of nitrogens with two attached hydrogens (primary N) is 1. The van der Waals surface area contributed by atoms with E-state index in [0.717, 1.165) is 18.5 Å². The van der Waals surface area contributed by atoms with Crippen molar-refractivity contribution in [2.45, 2.75) is 30.7 Å². The predicted molar refractivity (Wildman–Crippen MR) is 122 cm³/mol. The second kappa shape index (κ2) is 10.5. The number of hydrogen-bond donors (Lipinski definition) is 2. The minimum Gasteiger partial charge on any atom is -0.377 e. The van der Waals surface area contributed by atoms with E-state index in [9.17, 15) is 18.0 Å². The van der Waals surface area contributed by atoms with E-state index in [-0.39, 0.29) is 57.3 Å². The zero-order chi connectivity index (χ0) is 25.9. The van der Waals surface area contributed by atoms with Gasteiger partial charge in [-0.2, -0.15) is 17.6 Å². The van der Waals surface area contributed by atoms with Crippen molar-refractivity contribution < 1.29 is 31.5 Å². The molecule has 4 rings (SSSR count). The smallest absolute Gasteiger partial charge is 0.377 e. The molecule has 8 nitrogen and oxygen atoms in total. The number of halogens is 5. The molecule has 3 heterocycles. The standard InChI is InChI=1S/C23H27F5N6O2/c24-19-20(30-13-22(25)5-7-33(8-6-22)11-18(29)35)31-14-32-21(19)34-9-10-36-12-17(34)15-1-3-16(4-2-15)23(26,27)28/h1-4,14,17H,5-13H2,(H2,29,35)(H,30,31,32). The molecule has 1 amide bonds. The average Bonchev–Trinajstić information content (AvgIpc) is 2.84. The van der Waals surface area contributed by atoms with Gasteiger partial charge in [-0.25, -0.2) is 14.4 Å². The quantitative estimate of drug-likeness (QED) is 0.549. The van der Waals surface area contributed by atoms with Crippen LogP contribution in [0.15, 0.2) is 30.6 Å². The number of primary amides is 1. The van der Waals surface area contributed by atoms with E-state index in [4.69, 9.17) is 10.5 Å². The fourth-order valence-corrected chi connectivity index (χ4v) is 4.46. The van der Waals surface area contributed by atoms with E-state index >= 15 is 8.78 Å². The molecule has 1 aromatic heterocycles. The molecule has 1 aromatic carbocycles. The highest BCUT2D eigenvalue weighted by molar-refractivity contribution is 5.75. The van der Waals surface area contributed by atoms with Gasteiger partial charge in [0.2, 0.25) is 11.7 Å². The summed E-state index contributed by atoms with van der Waals surface area (Å²) in [5.74, 6) is -1.49. The molecule has 3 N–H and O–H groups in total. The summed E-state index contributed by atoms with van der Waals surface area (Å²) in [6, 6.07) is 4.05. The van der Waals surface area contributed by atoms with Gasteiger partial charge in [0.05, 0.1) is 37.9 Å². The molecule has 2 aliphatic rings. The van der Waals surface area contributed by atoms with E-state index in [1.165, 1.54) is 12.1 Å². The molecular formula is C23H27F5N6O2. The van der Waals surface area contributed by atoms with Crippen molar-refractivity contribution in [2.75, 3.05) is 56.2 Å². The average molecular weight is 514 g/mol. The molecule has 2 aliphatic heterocycles. The van der Waals surface area contributed by atoms with Crippen LogP contribution < -0.4 is 16.0 Å². The predicted octanol–water partition coefficient (Wildman–Crippen LogP) is 2.91. The number of carbonyl (C=O) groups is 1. The first-order chi connectivity index (χ1) is 17.1. The highest BCUT2D eigenvalue weighted by Crippen LogP contribution is 2.35. The van der Waals surface area contributed by atoms with Crippen molar-refractivity contribution in [3.8, 4) is 0 Å². The van der Waals surface area contributed by atoms with Crippen LogP contribution in [0, 0.1) is 5.82 Å². The van der Waals surface area contributed by atoms with Gasteiger partial charge in [0.15, 0.2) is 11.6 Å². The number of nitrogens with one attached hydrogen (secondary N) is 1. The molecule has 196 valence electrons. The Kier molecular flexibility index (Phi) is 7.59. The lowest BCUT2D eigenvalue weighted by atomic mass is 9.93. The second-order valence-electron chi connectivity index (χ2n) is 9.01. The molecular weight excluding hydrogens is 487 g/mol. The monoisotopic (exact) mass is 514 g/mol. The van der Waals surface area contributed by atoms with Crippen molar-refractivity contribution in [1.29, 1.82) is 0 Å². The number of benzene rings is 1. The molecule has 13 heteroatoms. The number of carbonyl (C=O) groups excluding carboxylic acids is 1. The molecule has 0 saturated carbocycles. The zero-order valence-electron chi connectivity index (χ0n) is 19.4. The van der Waals surface area contributed by atoms with Crippen molar-refractivity contribution in [2.24, 2.45) is 5.73 Å². The summed E-state index contributed by atoms with van der Waals surface area (Å²) in [6.07, 6.45) is -3.02. The van der Waals surface area contributed by atoms with Crippen LogP contribution in [0.3, 0.4) is 0 Å². The minimum absolute atomic E-state index is 0.0510. The van der Waals surface area contributed by atoms with E-state index in [1.807, 2.05) is 0 Å². The maximum Gasteiger partial charge on any atom is 0.416 e. The van der Waals surface area contributed by atoms with Gasteiger partial charge in [-0.15, -0.1) is 0 Å². The number of piperidine rings is 1. The van der Waals surface area contributed by atoms with Gasteiger partial charge in [-0.05, 0) is 30.5 Å². The third kappa shape index (κ3) is 6.01. The van der Waals surface area contributed by atoms with Crippen LogP contribution in [-0.2, 0) is 15.7 Å². The van der Waals surface area contributed by atoms with Crippen LogP contribution in [0.25, 0.3) is 0 Å². The first-order valence-corrected chi connectivity index (χ1v) is 11.5. The van der Waals surface area contributed by atoms with Gasteiger partial charge >= 0.3 is 6.18 Å². The number of alkyl halides is 4. The minimum atomic E-state index is -4.47. The number of anilines is 2. The molecule has 0 radical (unpaired) electrons. The zero-order valence-corrected chi connectivity index (χ0v) is 19.4. The molecule has 2 saturated heterocycles. The van der Waals surface area contributed by atoms with Gasteiger partial charge in [0.25, 0.3) is 0 Å². The number of nitrogens with zero attached hydrogens (tertiary/aromatic N) is 4. The Bertz CT molecular complexity index is 1060. The van der Waals surface area contributed by atoms with Crippen molar-refractivity contribution in [3.05, 3.63) is 47.5 Å². The SMILES string of the molecule is NC(=O)CN1CCC(F)(CNc2ncnc(N3CCOCC3c3ccc(C(F)(F)F)cc3)c2F)CC1. The molecule has 2 aromatic rings. The van der Waals surface area contributed by atoms with Gasteiger partial charge in [0.1, 0.15) is 12.0 Å². The van der Waals surface area contributed by atoms with Crippen LogP contribution in [-0.4, -0.2) is 72.4 Å². The van der Waals surface area contributed by atoms with Crippen LogP contribution >= 0.6 is 0 Å². The van der Waals surface area contributed by atoms with Gasteiger partial charge in [-0.3, -0.25) is 9.69 Å². The van der Waals surface area contributed by atoms with Gasteiger partial charge < -0.3 is 20.7 Å². The second-order valence-corrected chi connectivity index (χ2v) is 9.01. The van der Waals surface area contributed by atoms with Gasteiger partial charge in [-0.1, -0.05) is 12.1 Å². The lowest BCUT2D eigenvalue weighted by molar-refractivity contribution is -0.137. The lowest BCUT2D eigenvalue weighted by Gasteiger charge is -2.37. The molecule has 36 heavy (non-hydrogen) atoms. The third-order valence-corrected chi connectivity index (χ3v) is 6.50. The molecule has 1 atom stereocenters. The first kappa shape index (κ1) is 26.0. The van der Waals surface area contributed by atoms with Gasteiger partial charge in [0, 0.05) is 19.6 Å². The van der Waals surface area contributed by atoms with Crippen LogP contribution in [0.1, 0.15) is 30.0 Å². The summed E-state index contributed by atoms with van der Waals surface area (Å²) in [7, 11) is 0. The highest BCUT2D eigenvalue weighted by atomic mass is 19.4. The fourth-order valence-electron chi connectivity index (χ4n) is 4.46. The number of morpholine rings is 1. The van der Waals surface area contributed by atoms with Crippen molar-refractivity contribution in [1.82, 2.24) is 14.9 Å². The first-order valence-electron chi connectivity index (χ1n) is 11.5. The number of likely N-dealkylation sites (tertiary alicyclic amines) is 1. The van der Waals surface area contributed by atoms with E-state index in [2.05, 4.69) is 15.3 Å². The summed E-state index contributed by atoms with van der Waals surface area (Å²) in [5, 5.41) is 2.74. The topological polar surface area (TPSA) is 96.6 Å². The molecule has 0 spiro atoms. The molecule has 0 aliphatic carbocycles. The number of amides is 1. The Labute approximate surface area is 204 Å². The Morgan fingerprint density at radius 3 is 2.50 bits per heavy atom. The van der Waals surface area contributed by atoms with Crippen LogP contribution in [0.4, 0.5) is 33.6 Å². The Morgan fingerprint density at radius 2 is 1.86 bits per heavy atom. The third-order valence-electron chi connectivity index (χ3n) is 6.50. The summed E-state index contributed by atoms with van der Waals surface area (Å²) < 4.78 is 75.1. The highest BCUT2D eigenvalue weighted by Gasteiger charge is 2.36. The Morgan fingerprint density at radius 1 is 1.17 bits per heavy atom. The molecule has 2 fully saturated rings. The Balaban J connectivity index is 1.47. The number of hydrogen-bond acceptors (Lipinski definition) is 7. The van der Waals surface area contributed by atoms with Crippen molar-refractivity contribution in [3.63, 3.8) is 0 Å². The number of aromatic nitrogens is 2. The fraction of sp³-hybridized carbons (Fsp3) is 0.522. The van der Waals surface area contributed by atoms with E-state index < -0.39 is 35.2 Å². The maximum absolute atomic E-state index is 15.5. The van der Waals surface area contributed by atoms with E-state index in [0.29, 0.717) is 18.7 Å². The summed E-state index contributed by atoms with van der Waals surface area (Å²) in [4.78, 5) is 22.4. The summed E-state index contributed by atoms with van der Waals surface area (Å²) in [6.45, 7) is 1.24. The number of ether oxygens (including phenoxy) is 1. The van der Waals surface area contributed by atoms with Crippen LogP contribution in [0.2, 0.25) is 0 Å².